The summed E-state index contributed by atoms with van der Waals surface area (Å²) in [7, 11) is 1.80. The second-order valence-electron chi connectivity index (χ2n) is 7.26. The summed E-state index contributed by atoms with van der Waals surface area (Å²) >= 11 is 0. The van der Waals surface area contributed by atoms with Crippen molar-refractivity contribution in [3.63, 3.8) is 0 Å². The molecule has 1 aromatic carbocycles. The van der Waals surface area contributed by atoms with Crippen molar-refractivity contribution in [2.24, 2.45) is 4.99 Å². The van der Waals surface area contributed by atoms with Crippen LogP contribution in [0.3, 0.4) is 0 Å². The monoisotopic (exact) mass is 516 g/mol. The Kier molecular flexibility index (Phi) is 10.2. The van der Waals surface area contributed by atoms with Gasteiger partial charge in [-0.1, -0.05) is 19.1 Å². The predicted octanol–water partition coefficient (Wildman–Crippen LogP) is 2.40. The van der Waals surface area contributed by atoms with Gasteiger partial charge in [0.05, 0.1) is 12.7 Å². The highest BCUT2D eigenvalue weighted by Crippen LogP contribution is 2.21. The van der Waals surface area contributed by atoms with Gasteiger partial charge in [0, 0.05) is 45.4 Å². The summed E-state index contributed by atoms with van der Waals surface area (Å²) in [5, 5.41) is 6.34. The summed E-state index contributed by atoms with van der Waals surface area (Å²) < 4.78 is 11.7. The van der Waals surface area contributed by atoms with Crippen LogP contribution in [0, 0.1) is 0 Å². The lowest BCUT2D eigenvalue weighted by atomic mass is 10.1. The lowest BCUT2D eigenvalue weighted by Crippen LogP contribution is -2.53. The molecule has 2 fully saturated rings. The van der Waals surface area contributed by atoms with E-state index in [9.17, 15) is 4.79 Å². The van der Waals surface area contributed by atoms with Crippen molar-refractivity contribution < 1.29 is 14.3 Å². The molecule has 0 radical (unpaired) electrons. The van der Waals surface area contributed by atoms with E-state index in [4.69, 9.17) is 9.47 Å². The van der Waals surface area contributed by atoms with Crippen molar-refractivity contribution in [1.29, 1.82) is 0 Å². The number of aliphatic imine (C=N–C) groups is 1. The fraction of sp³-hybridized carbons (Fsp3) is 0.619. The van der Waals surface area contributed by atoms with Crippen molar-refractivity contribution >= 4 is 35.8 Å². The molecule has 1 amide bonds. The Morgan fingerprint density at radius 1 is 1.24 bits per heavy atom. The van der Waals surface area contributed by atoms with Crippen LogP contribution in [-0.4, -0.2) is 68.9 Å². The van der Waals surface area contributed by atoms with E-state index in [0.29, 0.717) is 25.3 Å². The Bertz CT molecular complexity index is 680. The molecule has 0 aromatic heterocycles. The van der Waals surface area contributed by atoms with E-state index >= 15 is 0 Å². The fourth-order valence-electron chi connectivity index (χ4n) is 3.67. The number of hydrogen-bond acceptors (Lipinski definition) is 4. The standard InChI is InChI=1S/C21H32N4O3.HI/c1-3-9-23-20(26)17-7-4-6-16(13-17)14-24-21(22-2)25-10-12-28-19(15-25)18-8-5-11-27-18;/h4,6-7,13,18-19H,3,5,8-12,14-15H2,1-2H3,(H,22,24)(H,23,26);1H. The van der Waals surface area contributed by atoms with Gasteiger partial charge in [0.15, 0.2) is 5.96 Å². The number of halogens is 1. The summed E-state index contributed by atoms with van der Waals surface area (Å²) in [6, 6.07) is 7.71. The third-order valence-electron chi connectivity index (χ3n) is 5.16. The number of benzene rings is 1. The van der Waals surface area contributed by atoms with Gasteiger partial charge in [-0.05, 0) is 37.0 Å². The highest BCUT2D eigenvalue weighted by atomic mass is 127. The van der Waals surface area contributed by atoms with Crippen LogP contribution in [0.4, 0.5) is 0 Å². The molecule has 2 aliphatic rings. The zero-order valence-corrected chi connectivity index (χ0v) is 19.7. The first kappa shape index (κ1) is 23.9. The number of hydrogen-bond donors (Lipinski definition) is 2. The van der Waals surface area contributed by atoms with Gasteiger partial charge in [-0.15, -0.1) is 24.0 Å². The van der Waals surface area contributed by atoms with Crippen molar-refractivity contribution in [3.05, 3.63) is 35.4 Å². The molecule has 2 N–H and O–H groups in total. The van der Waals surface area contributed by atoms with Crippen LogP contribution in [0.5, 0.6) is 0 Å². The molecule has 0 spiro atoms. The molecule has 8 heteroatoms. The van der Waals surface area contributed by atoms with Crippen molar-refractivity contribution in [3.8, 4) is 0 Å². The van der Waals surface area contributed by atoms with Gasteiger partial charge in [0.1, 0.15) is 6.10 Å². The van der Waals surface area contributed by atoms with E-state index in [2.05, 4.69) is 20.5 Å². The zero-order chi connectivity index (χ0) is 19.8. The summed E-state index contributed by atoms with van der Waals surface area (Å²) in [5.41, 5.74) is 1.74. The average molecular weight is 516 g/mol. The van der Waals surface area contributed by atoms with Gasteiger partial charge < -0.3 is 25.0 Å². The van der Waals surface area contributed by atoms with E-state index in [0.717, 1.165) is 50.5 Å². The first-order chi connectivity index (χ1) is 13.7. The number of nitrogens with one attached hydrogen (secondary N) is 2. The fourth-order valence-corrected chi connectivity index (χ4v) is 3.67. The molecule has 2 unspecified atom stereocenters. The van der Waals surface area contributed by atoms with E-state index in [1.807, 2.05) is 31.2 Å². The largest absolute Gasteiger partial charge is 0.375 e. The van der Waals surface area contributed by atoms with Crippen LogP contribution >= 0.6 is 24.0 Å². The van der Waals surface area contributed by atoms with Crippen LogP contribution in [0.2, 0.25) is 0 Å². The van der Waals surface area contributed by atoms with E-state index in [-0.39, 0.29) is 42.1 Å². The zero-order valence-electron chi connectivity index (χ0n) is 17.4. The predicted molar refractivity (Wildman–Crippen MR) is 125 cm³/mol. The van der Waals surface area contributed by atoms with Crippen molar-refractivity contribution in [1.82, 2.24) is 15.5 Å². The second kappa shape index (κ2) is 12.3. The highest BCUT2D eigenvalue weighted by molar-refractivity contribution is 14.0. The minimum atomic E-state index is -0.0272. The minimum Gasteiger partial charge on any atom is -0.375 e. The van der Waals surface area contributed by atoms with Crippen LogP contribution < -0.4 is 10.6 Å². The smallest absolute Gasteiger partial charge is 0.251 e. The van der Waals surface area contributed by atoms with Crippen LogP contribution in [0.1, 0.15) is 42.1 Å². The number of nitrogens with zero attached hydrogens (tertiary/aromatic N) is 2. The quantitative estimate of drug-likeness (QED) is 0.345. The molecule has 162 valence electrons. The number of carbonyl (C=O) groups is 1. The Hall–Kier alpha value is -1.39. The minimum absolute atomic E-state index is 0. The first-order valence-corrected chi connectivity index (χ1v) is 10.3. The number of guanidine groups is 1. The van der Waals surface area contributed by atoms with Crippen molar-refractivity contribution in [2.45, 2.75) is 44.9 Å². The van der Waals surface area contributed by atoms with Gasteiger partial charge in [0.25, 0.3) is 5.91 Å². The number of amides is 1. The molecule has 2 atom stereocenters. The van der Waals surface area contributed by atoms with Crippen molar-refractivity contribution in [2.75, 3.05) is 39.9 Å². The molecule has 0 saturated carbocycles. The lowest BCUT2D eigenvalue weighted by molar-refractivity contribution is -0.0817. The Morgan fingerprint density at radius 3 is 2.79 bits per heavy atom. The van der Waals surface area contributed by atoms with Gasteiger partial charge >= 0.3 is 0 Å². The third-order valence-corrected chi connectivity index (χ3v) is 5.16. The van der Waals surface area contributed by atoms with Gasteiger partial charge in [0.2, 0.25) is 0 Å². The Balaban J connectivity index is 0.00000300. The Morgan fingerprint density at radius 2 is 2.07 bits per heavy atom. The SMILES string of the molecule is CCCNC(=O)c1cccc(CNC(=NC)N2CCOC(C3CCCO3)C2)c1.I. The highest BCUT2D eigenvalue weighted by Gasteiger charge is 2.32. The van der Waals surface area contributed by atoms with Gasteiger partial charge in [-0.3, -0.25) is 9.79 Å². The van der Waals surface area contributed by atoms with E-state index in [1.54, 1.807) is 7.05 Å². The maximum absolute atomic E-state index is 12.2. The number of carbonyl (C=O) groups excluding carboxylic acids is 1. The maximum atomic E-state index is 12.2. The molecule has 2 aliphatic heterocycles. The summed E-state index contributed by atoms with van der Waals surface area (Å²) in [6.45, 7) is 6.45. The van der Waals surface area contributed by atoms with E-state index in [1.165, 1.54) is 0 Å². The molecule has 29 heavy (non-hydrogen) atoms. The lowest BCUT2D eigenvalue weighted by Gasteiger charge is -2.37. The Labute approximate surface area is 190 Å². The molecule has 0 bridgehead atoms. The first-order valence-electron chi connectivity index (χ1n) is 10.3. The molecular weight excluding hydrogens is 483 g/mol. The molecule has 7 nitrogen and oxygen atoms in total. The number of rotatable bonds is 6. The van der Waals surface area contributed by atoms with Crippen LogP contribution in [-0.2, 0) is 16.0 Å². The van der Waals surface area contributed by atoms with Crippen LogP contribution in [0.15, 0.2) is 29.3 Å². The molecular formula is C21H33IN4O3. The maximum Gasteiger partial charge on any atom is 0.251 e. The molecule has 0 aliphatic carbocycles. The van der Waals surface area contributed by atoms with Gasteiger partial charge in [-0.2, -0.15) is 0 Å². The van der Waals surface area contributed by atoms with Crippen LogP contribution in [0.25, 0.3) is 0 Å². The molecule has 2 saturated heterocycles. The average Bonchev–Trinajstić information content (AvgIpc) is 3.28. The summed E-state index contributed by atoms with van der Waals surface area (Å²) in [4.78, 5) is 18.8. The van der Waals surface area contributed by atoms with Gasteiger partial charge in [-0.25, -0.2) is 0 Å². The summed E-state index contributed by atoms with van der Waals surface area (Å²) in [5.74, 6) is 0.827. The van der Waals surface area contributed by atoms with E-state index < -0.39 is 0 Å². The molecule has 2 heterocycles. The number of morpholine rings is 1. The molecule has 3 rings (SSSR count). The molecule has 1 aromatic rings. The second-order valence-corrected chi connectivity index (χ2v) is 7.26. The normalized spacial score (nSPS) is 22.1. The number of ether oxygens (including phenoxy) is 2. The third kappa shape index (κ3) is 6.82. The summed E-state index contributed by atoms with van der Waals surface area (Å²) in [6.07, 6.45) is 3.40. The topological polar surface area (TPSA) is 75.2 Å².